The number of unbranched alkanes of at least 4 members (excludes halogenated alkanes) is 3. The highest BCUT2D eigenvalue weighted by Gasteiger charge is 2.21. The molecule has 0 saturated heterocycles. The lowest BCUT2D eigenvalue weighted by Gasteiger charge is -2.08. The van der Waals surface area contributed by atoms with E-state index in [0.29, 0.717) is 10.6 Å². The lowest BCUT2D eigenvalue weighted by Crippen LogP contribution is -2.13. The average molecular weight is 283 g/mol. The summed E-state index contributed by atoms with van der Waals surface area (Å²) in [6.07, 6.45) is 5.79. The van der Waals surface area contributed by atoms with E-state index in [1.807, 2.05) is 20.8 Å². The molecule has 0 fully saturated rings. The maximum Gasteiger partial charge on any atom is 0.341 e. The highest BCUT2D eigenvalue weighted by Crippen LogP contribution is 2.32. The summed E-state index contributed by atoms with van der Waals surface area (Å²) in [4.78, 5) is 13.2. The lowest BCUT2D eigenvalue weighted by molar-refractivity contribution is 0.0379. The molecule has 19 heavy (non-hydrogen) atoms. The maximum absolute atomic E-state index is 12.0. The predicted molar refractivity (Wildman–Crippen MR) is 81.9 cm³/mol. The van der Waals surface area contributed by atoms with Crippen molar-refractivity contribution < 1.29 is 9.53 Å². The number of nitrogens with two attached hydrogens (primary N) is 1. The molecule has 3 nitrogen and oxygen atoms in total. The fraction of sp³-hybridized carbons (Fsp3) is 0.667. The van der Waals surface area contributed by atoms with Crippen LogP contribution < -0.4 is 5.73 Å². The monoisotopic (exact) mass is 283 g/mol. The number of thiophene rings is 1. The number of ether oxygens (including phenoxy) is 1. The van der Waals surface area contributed by atoms with E-state index >= 15 is 0 Å². The molecule has 1 aromatic rings. The topological polar surface area (TPSA) is 52.3 Å². The van der Waals surface area contributed by atoms with E-state index < -0.39 is 0 Å². The molecule has 0 aromatic carbocycles. The molecule has 1 aromatic heterocycles. The zero-order valence-electron chi connectivity index (χ0n) is 12.4. The van der Waals surface area contributed by atoms with Gasteiger partial charge in [0.1, 0.15) is 5.00 Å². The summed E-state index contributed by atoms with van der Waals surface area (Å²) >= 11 is 1.53. The van der Waals surface area contributed by atoms with Crippen molar-refractivity contribution in [2.45, 2.75) is 65.9 Å². The number of nitrogen functional groups attached to an aromatic ring is 1. The molecule has 0 aliphatic rings. The first-order chi connectivity index (χ1) is 8.97. The first-order valence-corrected chi connectivity index (χ1v) is 7.87. The normalized spacial score (nSPS) is 11.0. The summed E-state index contributed by atoms with van der Waals surface area (Å²) in [7, 11) is 0. The molecule has 0 saturated carbocycles. The molecule has 0 aliphatic carbocycles. The van der Waals surface area contributed by atoms with Gasteiger partial charge in [0.05, 0.1) is 11.7 Å². The Hall–Kier alpha value is -1.03. The zero-order chi connectivity index (χ0) is 14.4. The third-order valence-corrected chi connectivity index (χ3v) is 4.26. The SMILES string of the molecule is CCCCCCc1sc(N)c(C(=O)OC(C)C)c1C. The van der Waals surface area contributed by atoms with Gasteiger partial charge in [-0.25, -0.2) is 4.79 Å². The Bertz CT molecular complexity index is 424. The first kappa shape index (κ1) is 16.0. The van der Waals surface area contributed by atoms with Crippen LogP contribution in [0.15, 0.2) is 0 Å². The van der Waals surface area contributed by atoms with Crippen molar-refractivity contribution >= 4 is 22.3 Å². The van der Waals surface area contributed by atoms with E-state index in [2.05, 4.69) is 6.92 Å². The van der Waals surface area contributed by atoms with Crippen molar-refractivity contribution in [3.8, 4) is 0 Å². The van der Waals surface area contributed by atoms with Gasteiger partial charge in [0.15, 0.2) is 0 Å². The molecule has 1 heterocycles. The summed E-state index contributed by atoms with van der Waals surface area (Å²) < 4.78 is 5.24. The molecule has 0 aliphatic heterocycles. The Morgan fingerprint density at radius 3 is 2.58 bits per heavy atom. The number of anilines is 1. The quantitative estimate of drug-likeness (QED) is 0.598. The smallest absolute Gasteiger partial charge is 0.341 e. The van der Waals surface area contributed by atoms with Gasteiger partial charge in [-0.2, -0.15) is 0 Å². The molecular weight excluding hydrogens is 258 g/mol. The van der Waals surface area contributed by atoms with Crippen LogP contribution in [0.4, 0.5) is 5.00 Å². The van der Waals surface area contributed by atoms with Crippen LogP contribution in [-0.2, 0) is 11.2 Å². The van der Waals surface area contributed by atoms with Gasteiger partial charge in [0.2, 0.25) is 0 Å². The van der Waals surface area contributed by atoms with Crippen LogP contribution in [0, 0.1) is 6.92 Å². The van der Waals surface area contributed by atoms with Crippen molar-refractivity contribution in [3.05, 3.63) is 16.0 Å². The fourth-order valence-corrected chi connectivity index (χ4v) is 3.17. The van der Waals surface area contributed by atoms with Crippen LogP contribution in [0.25, 0.3) is 0 Å². The molecule has 0 bridgehead atoms. The van der Waals surface area contributed by atoms with Crippen LogP contribution >= 0.6 is 11.3 Å². The zero-order valence-corrected chi connectivity index (χ0v) is 13.2. The van der Waals surface area contributed by atoms with Crippen molar-refractivity contribution in [3.63, 3.8) is 0 Å². The van der Waals surface area contributed by atoms with Gasteiger partial charge in [0.25, 0.3) is 0 Å². The Morgan fingerprint density at radius 1 is 1.32 bits per heavy atom. The van der Waals surface area contributed by atoms with Crippen LogP contribution in [0.3, 0.4) is 0 Å². The number of esters is 1. The van der Waals surface area contributed by atoms with E-state index in [-0.39, 0.29) is 12.1 Å². The minimum Gasteiger partial charge on any atom is -0.459 e. The predicted octanol–water partition coefficient (Wildman–Crippen LogP) is 4.33. The fourth-order valence-electron chi connectivity index (χ4n) is 2.06. The second-order valence-corrected chi connectivity index (χ2v) is 6.29. The van der Waals surface area contributed by atoms with E-state index in [1.54, 1.807) is 0 Å². The van der Waals surface area contributed by atoms with Gasteiger partial charge in [-0.05, 0) is 39.2 Å². The first-order valence-electron chi connectivity index (χ1n) is 7.06. The lowest BCUT2D eigenvalue weighted by atomic mass is 10.1. The summed E-state index contributed by atoms with van der Waals surface area (Å²) in [5.74, 6) is -0.291. The number of hydrogen-bond acceptors (Lipinski definition) is 4. The molecule has 0 spiro atoms. The van der Waals surface area contributed by atoms with Gasteiger partial charge in [-0.15, -0.1) is 11.3 Å². The van der Waals surface area contributed by atoms with Gasteiger partial charge < -0.3 is 10.5 Å². The average Bonchev–Trinajstić information content (AvgIpc) is 2.59. The molecule has 0 amide bonds. The summed E-state index contributed by atoms with van der Waals surface area (Å²) in [5.41, 5.74) is 7.54. The minimum absolute atomic E-state index is 0.112. The summed E-state index contributed by atoms with van der Waals surface area (Å²) in [6.45, 7) is 7.87. The van der Waals surface area contributed by atoms with Crippen molar-refractivity contribution in [2.24, 2.45) is 0 Å². The van der Waals surface area contributed by atoms with Crippen molar-refractivity contribution in [1.29, 1.82) is 0 Å². The highest BCUT2D eigenvalue weighted by molar-refractivity contribution is 7.16. The van der Waals surface area contributed by atoms with E-state index in [4.69, 9.17) is 10.5 Å². The second-order valence-electron chi connectivity index (χ2n) is 5.15. The molecule has 0 atom stereocenters. The van der Waals surface area contributed by atoms with E-state index in [1.165, 1.54) is 35.5 Å². The highest BCUT2D eigenvalue weighted by atomic mass is 32.1. The number of carbonyl (C=O) groups excluding carboxylic acids is 1. The second kappa shape index (κ2) is 7.53. The van der Waals surface area contributed by atoms with Gasteiger partial charge in [-0.3, -0.25) is 0 Å². The van der Waals surface area contributed by atoms with Crippen molar-refractivity contribution in [2.75, 3.05) is 5.73 Å². The van der Waals surface area contributed by atoms with Gasteiger partial charge >= 0.3 is 5.97 Å². The maximum atomic E-state index is 12.0. The number of rotatable bonds is 7. The number of hydrogen-bond donors (Lipinski definition) is 1. The molecule has 4 heteroatoms. The Morgan fingerprint density at radius 2 is 2.00 bits per heavy atom. The van der Waals surface area contributed by atoms with Gasteiger partial charge in [-0.1, -0.05) is 26.2 Å². The van der Waals surface area contributed by atoms with Crippen LogP contribution in [0.1, 0.15) is 67.3 Å². The number of aryl methyl sites for hydroxylation is 1. The van der Waals surface area contributed by atoms with E-state index in [9.17, 15) is 4.79 Å². The van der Waals surface area contributed by atoms with Crippen LogP contribution in [0.5, 0.6) is 0 Å². The van der Waals surface area contributed by atoms with Gasteiger partial charge in [0, 0.05) is 4.88 Å². The molecule has 0 unspecified atom stereocenters. The third kappa shape index (κ3) is 4.53. The molecule has 1 rings (SSSR count). The summed E-state index contributed by atoms with van der Waals surface area (Å²) in [5, 5.41) is 0.591. The Labute approximate surface area is 120 Å². The molecule has 108 valence electrons. The Kier molecular flexibility index (Phi) is 6.35. The molecule has 0 radical (unpaired) electrons. The minimum atomic E-state index is -0.291. The standard InChI is InChI=1S/C15H25NO2S/c1-5-6-7-8-9-12-11(4)13(14(16)19-12)15(17)18-10(2)3/h10H,5-9,16H2,1-4H3. The molecular formula is C15H25NO2S. The molecule has 2 N–H and O–H groups in total. The third-order valence-electron chi connectivity index (χ3n) is 3.08. The van der Waals surface area contributed by atoms with Crippen LogP contribution in [-0.4, -0.2) is 12.1 Å². The largest absolute Gasteiger partial charge is 0.459 e. The summed E-state index contributed by atoms with van der Waals surface area (Å²) in [6, 6.07) is 0. The Balaban J connectivity index is 2.73. The number of carbonyl (C=O) groups is 1. The van der Waals surface area contributed by atoms with Crippen LogP contribution in [0.2, 0.25) is 0 Å². The van der Waals surface area contributed by atoms with Crippen molar-refractivity contribution in [1.82, 2.24) is 0 Å². The van der Waals surface area contributed by atoms with E-state index in [0.717, 1.165) is 18.4 Å².